The molecule has 0 aliphatic carbocycles. The summed E-state index contributed by atoms with van der Waals surface area (Å²) < 4.78 is 10.2. The lowest BCUT2D eigenvalue weighted by atomic mass is 10.2. The molecule has 0 aromatic heterocycles. The zero-order chi connectivity index (χ0) is 18.4. The van der Waals surface area contributed by atoms with Gasteiger partial charge in [-0.25, -0.2) is 0 Å². The molecule has 0 N–H and O–H groups in total. The van der Waals surface area contributed by atoms with E-state index in [9.17, 15) is 9.59 Å². The largest absolute Gasteiger partial charge is 0.478 e. The number of hydrogen-bond donors (Lipinski definition) is 0. The van der Waals surface area contributed by atoms with Crippen LogP contribution >= 0.6 is 35.0 Å². The van der Waals surface area contributed by atoms with E-state index in [2.05, 4.69) is 5.92 Å². The van der Waals surface area contributed by atoms with Crippen LogP contribution in [0.4, 0.5) is 4.79 Å². The van der Waals surface area contributed by atoms with Gasteiger partial charge in [-0.2, -0.15) is 0 Å². The Balaban J connectivity index is 2.19. The fourth-order valence-electron chi connectivity index (χ4n) is 2.13. The summed E-state index contributed by atoms with van der Waals surface area (Å²) in [6.07, 6.45) is 7.30. The third-order valence-corrected chi connectivity index (χ3v) is 4.69. The molecule has 1 fully saturated rings. The molecule has 1 aromatic rings. The Bertz CT molecular complexity index is 735. The summed E-state index contributed by atoms with van der Waals surface area (Å²) in [5.41, 5.74) is 0.588. The molecular weight excluding hydrogens is 385 g/mol. The first-order chi connectivity index (χ1) is 12.0. The molecule has 0 bridgehead atoms. The van der Waals surface area contributed by atoms with Crippen LogP contribution in [0.25, 0.3) is 6.08 Å². The van der Waals surface area contributed by atoms with Crippen LogP contribution in [-0.4, -0.2) is 42.9 Å². The quantitative estimate of drug-likeness (QED) is 0.392. The number of hydrogen-bond acceptors (Lipinski definition) is 5. The first-order valence-electron chi connectivity index (χ1n) is 7.27. The van der Waals surface area contributed by atoms with Gasteiger partial charge in [-0.1, -0.05) is 29.1 Å². The van der Waals surface area contributed by atoms with E-state index in [4.69, 9.17) is 39.1 Å². The Morgan fingerprint density at radius 3 is 2.60 bits per heavy atom. The maximum absolute atomic E-state index is 12.4. The summed E-state index contributed by atoms with van der Waals surface area (Å²) >= 11 is 13.2. The van der Waals surface area contributed by atoms with Crippen molar-refractivity contribution in [1.82, 2.24) is 4.90 Å². The molecule has 1 saturated heterocycles. The highest BCUT2D eigenvalue weighted by atomic mass is 35.5. The van der Waals surface area contributed by atoms with Crippen LogP contribution in [0, 0.1) is 12.3 Å². The maximum Gasteiger partial charge on any atom is 0.293 e. The molecule has 132 valence electrons. The molecule has 2 rings (SSSR count). The van der Waals surface area contributed by atoms with Crippen LogP contribution in [0.1, 0.15) is 12.0 Å². The molecule has 0 atom stereocenters. The highest BCUT2D eigenvalue weighted by molar-refractivity contribution is 8.18. The maximum atomic E-state index is 12.4. The van der Waals surface area contributed by atoms with Crippen molar-refractivity contribution in [3.8, 4) is 18.1 Å². The van der Waals surface area contributed by atoms with Crippen LogP contribution in [0.2, 0.25) is 10.0 Å². The number of amides is 2. The molecule has 1 aliphatic heterocycles. The van der Waals surface area contributed by atoms with E-state index in [1.165, 1.54) is 4.90 Å². The number of imide groups is 1. The Hall–Kier alpha value is -1.65. The summed E-state index contributed by atoms with van der Waals surface area (Å²) in [5.74, 6) is 2.27. The summed E-state index contributed by atoms with van der Waals surface area (Å²) in [6.45, 7) is 0.834. The fraction of sp³-hybridized carbons (Fsp3) is 0.294. The van der Waals surface area contributed by atoms with Crippen molar-refractivity contribution in [1.29, 1.82) is 0 Å². The van der Waals surface area contributed by atoms with Gasteiger partial charge >= 0.3 is 0 Å². The smallest absolute Gasteiger partial charge is 0.293 e. The number of methoxy groups -OCH3 is 1. The average Bonchev–Trinajstić information content (AvgIpc) is 2.82. The molecule has 25 heavy (non-hydrogen) atoms. The van der Waals surface area contributed by atoms with E-state index in [-0.39, 0.29) is 33.5 Å². The second kappa shape index (κ2) is 9.16. The number of rotatable bonds is 7. The highest BCUT2D eigenvalue weighted by Gasteiger charge is 2.34. The standard InChI is InChI=1S/C17H15Cl2NO4S/c1-3-6-24-15-12(18)8-11(9-13(15)19)10-14-16(21)20(17(22)25-14)5-4-7-23-2/h1,8-10H,4-7H2,2H3/b14-10+. The second-order valence-corrected chi connectivity index (χ2v) is 6.79. The van der Waals surface area contributed by atoms with E-state index < -0.39 is 0 Å². The lowest BCUT2D eigenvalue weighted by molar-refractivity contribution is -0.122. The van der Waals surface area contributed by atoms with Gasteiger partial charge in [-0.3, -0.25) is 14.5 Å². The van der Waals surface area contributed by atoms with Crippen molar-refractivity contribution in [3.05, 3.63) is 32.6 Å². The number of carbonyl (C=O) groups is 2. The molecule has 0 unspecified atom stereocenters. The molecule has 5 nitrogen and oxygen atoms in total. The molecule has 8 heteroatoms. The molecule has 0 radical (unpaired) electrons. The van der Waals surface area contributed by atoms with Crippen molar-refractivity contribution in [2.75, 3.05) is 26.9 Å². The fourth-order valence-corrected chi connectivity index (χ4v) is 3.60. The molecule has 0 saturated carbocycles. The number of terminal acetylenes is 1. The number of halogens is 2. The highest BCUT2D eigenvalue weighted by Crippen LogP contribution is 2.37. The molecule has 1 aromatic carbocycles. The van der Waals surface area contributed by atoms with E-state index in [0.717, 1.165) is 11.8 Å². The van der Waals surface area contributed by atoms with Gasteiger partial charge < -0.3 is 9.47 Å². The number of ether oxygens (including phenoxy) is 2. The van der Waals surface area contributed by atoms with Crippen molar-refractivity contribution in [2.24, 2.45) is 0 Å². The molecule has 2 amide bonds. The van der Waals surface area contributed by atoms with E-state index in [1.54, 1.807) is 25.3 Å². The van der Waals surface area contributed by atoms with Crippen molar-refractivity contribution >= 4 is 52.2 Å². The van der Waals surface area contributed by atoms with E-state index in [0.29, 0.717) is 30.0 Å². The van der Waals surface area contributed by atoms with Gasteiger partial charge in [0.1, 0.15) is 6.61 Å². The molecular formula is C17H15Cl2NO4S. The lowest BCUT2D eigenvalue weighted by Crippen LogP contribution is -2.29. The monoisotopic (exact) mass is 399 g/mol. The van der Waals surface area contributed by atoms with Crippen LogP contribution in [0.5, 0.6) is 5.75 Å². The van der Waals surface area contributed by atoms with Crippen LogP contribution < -0.4 is 4.74 Å². The molecule has 0 spiro atoms. The third-order valence-electron chi connectivity index (χ3n) is 3.22. The van der Waals surface area contributed by atoms with Gasteiger partial charge in [0.15, 0.2) is 5.75 Å². The van der Waals surface area contributed by atoms with E-state index in [1.807, 2.05) is 0 Å². The van der Waals surface area contributed by atoms with Crippen LogP contribution in [0.15, 0.2) is 17.0 Å². The minimum absolute atomic E-state index is 0.0408. The van der Waals surface area contributed by atoms with Gasteiger partial charge in [0.05, 0.1) is 15.0 Å². The Kier molecular flexibility index (Phi) is 7.21. The lowest BCUT2D eigenvalue weighted by Gasteiger charge is -2.11. The van der Waals surface area contributed by atoms with Crippen molar-refractivity contribution < 1.29 is 19.1 Å². The van der Waals surface area contributed by atoms with Gasteiger partial charge in [0.25, 0.3) is 11.1 Å². The number of benzene rings is 1. The number of nitrogens with zero attached hydrogens (tertiary/aromatic N) is 1. The predicted molar refractivity (Wildman–Crippen MR) is 100.0 cm³/mol. The first kappa shape index (κ1) is 19.7. The normalized spacial score (nSPS) is 15.8. The number of thioether (sulfide) groups is 1. The SMILES string of the molecule is C#CCOc1c(Cl)cc(/C=C2/SC(=O)N(CCCOC)C2=O)cc1Cl. The minimum atomic E-state index is -0.342. The van der Waals surface area contributed by atoms with E-state index >= 15 is 0 Å². The molecule has 1 heterocycles. The third kappa shape index (κ3) is 4.93. The summed E-state index contributed by atoms with van der Waals surface area (Å²) in [7, 11) is 1.57. The van der Waals surface area contributed by atoms with Crippen LogP contribution in [0.3, 0.4) is 0 Å². The van der Waals surface area contributed by atoms with Crippen LogP contribution in [-0.2, 0) is 9.53 Å². The minimum Gasteiger partial charge on any atom is -0.478 e. The summed E-state index contributed by atoms with van der Waals surface area (Å²) in [4.78, 5) is 25.8. The average molecular weight is 400 g/mol. The van der Waals surface area contributed by atoms with Crippen molar-refractivity contribution in [2.45, 2.75) is 6.42 Å². The topological polar surface area (TPSA) is 55.8 Å². The Morgan fingerprint density at radius 1 is 1.32 bits per heavy atom. The van der Waals surface area contributed by atoms with Gasteiger partial charge in [-0.05, 0) is 42.0 Å². The van der Waals surface area contributed by atoms with Gasteiger partial charge in [-0.15, -0.1) is 6.42 Å². The zero-order valence-corrected chi connectivity index (χ0v) is 15.7. The zero-order valence-electron chi connectivity index (χ0n) is 13.4. The van der Waals surface area contributed by atoms with Gasteiger partial charge in [0, 0.05) is 20.3 Å². The second-order valence-electron chi connectivity index (χ2n) is 4.99. The Morgan fingerprint density at radius 2 is 2.00 bits per heavy atom. The Labute approximate surface area is 160 Å². The summed E-state index contributed by atoms with van der Waals surface area (Å²) in [6, 6.07) is 3.19. The van der Waals surface area contributed by atoms with Crippen molar-refractivity contribution in [3.63, 3.8) is 0 Å². The molecule has 1 aliphatic rings. The summed E-state index contributed by atoms with van der Waals surface area (Å²) in [5, 5.41) is 0.236. The number of carbonyl (C=O) groups excluding carboxylic acids is 2. The first-order valence-corrected chi connectivity index (χ1v) is 8.84. The predicted octanol–water partition coefficient (Wildman–Crippen LogP) is 4.08. The van der Waals surface area contributed by atoms with Gasteiger partial charge in [0.2, 0.25) is 0 Å².